The summed E-state index contributed by atoms with van der Waals surface area (Å²) < 4.78 is 83.5. The van der Waals surface area contributed by atoms with Crippen LogP contribution in [0.5, 0.6) is 11.8 Å². The lowest BCUT2D eigenvalue weighted by atomic mass is 10.1. The van der Waals surface area contributed by atoms with Crippen LogP contribution in [0.1, 0.15) is 83.5 Å². The number of Topliss-reactive ketones (excluding diaryl/α,β-unsaturated/α-hetero) is 1. The molecule has 0 spiro atoms. The largest absolute Gasteiger partial charge is 0.474 e. The molecule has 6 heterocycles. The molecular weight excluding hydrogens is 1100 g/mol. The van der Waals surface area contributed by atoms with Gasteiger partial charge in [-0.3, -0.25) is 9.59 Å². The fraction of sp³-hybridized carbons (Fsp3) is 0.254. The molecule has 4 aromatic carbocycles. The predicted molar refractivity (Wildman–Crippen MR) is 309 cm³/mol. The van der Waals surface area contributed by atoms with Gasteiger partial charge in [0.15, 0.2) is 5.03 Å². The van der Waals surface area contributed by atoms with E-state index in [-0.39, 0.29) is 52.0 Å². The van der Waals surface area contributed by atoms with Crippen molar-refractivity contribution in [2.24, 2.45) is 5.73 Å². The van der Waals surface area contributed by atoms with Crippen molar-refractivity contribution in [3.8, 4) is 11.8 Å². The van der Waals surface area contributed by atoms with E-state index in [1.807, 2.05) is 64.3 Å². The first-order chi connectivity index (χ1) is 40.2. The molecule has 2 N–H and O–H groups in total. The number of carbonyl (C=O) groups is 2. The molecule has 0 radical (unpaired) electrons. The second kappa shape index (κ2) is 27.1. The molecule has 438 valence electrons. The van der Waals surface area contributed by atoms with Crippen molar-refractivity contribution in [2.75, 3.05) is 40.6 Å². The molecule has 10 aromatic rings. The maximum absolute atomic E-state index is 13.3. The van der Waals surface area contributed by atoms with Gasteiger partial charge in [0, 0.05) is 54.9 Å². The second-order valence-corrected chi connectivity index (χ2v) is 21.8. The third kappa shape index (κ3) is 14.4. The van der Waals surface area contributed by atoms with Crippen LogP contribution in [0.3, 0.4) is 0 Å². The molecule has 0 saturated heterocycles. The molecule has 21 heteroatoms. The fourth-order valence-corrected chi connectivity index (χ4v) is 10.9. The Hall–Kier alpha value is -8.73. The van der Waals surface area contributed by atoms with E-state index in [1.165, 1.54) is 50.6 Å². The molecule has 0 aliphatic carbocycles. The molecule has 10 rings (SSSR count). The van der Waals surface area contributed by atoms with Crippen LogP contribution in [-0.4, -0.2) is 88.9 Å². The zero-order valence-electron chi connectivity index (χ0n) is 48.0. The topological polar surface area (TPSA) is 202 Å². The first-order valence-electron chi connectivity index (χ1n) is 26.6. The number of aromatic nitrogens is 6. The van der Waals surface area contributed by atoms with E-state index >= 15 is 0 Å². The number of nitrogens with zero attached hydrogens (tertiary/aromatic N) is 6. The van der Waals surface area contributed by atoms with Gasteiger partial charge in [0.1, 0.15) is 54.9 Å². The molecule has 0 fully saturated rings. The minimum Gasteiger partial charge on any atom is -0.474 e. The molecule has 0 aliphatic heterocycles. The summed E-state index contributed by atoms with van der Waals surface area (Å²) in [5, 5.41) is 0.0507. The highest BCUT2D eigenvalue weighted by atomic mass is 32.2. The van der Waals surface area contributed by atoms with E-state index in [1.54, 1.807) is 78.2 Å². The number of halogens is 3. The lowest BCUT2D eigenvalue weighted by Crippen LogP contribution is -2.24. The van der Waals surface area contributed by atoms with Gasteiger partial charge in [0.25, 0.3) is 11.7 Å². The average Bonchev–Trinajstić information content (AvgIpc) is 2.62. The maximum atomic E-state index is 13.3. The molecule has 0 aliphatic rings. The fourth-order valence-electron chi connectivity index (χ4n) is 9.54. The lowest BCUT2D eigenvalue weighted by molar-refractivity contribution is -0.275. The number of rotatable bonds is 20. The van der Waals surface area contributed by atoms with E-state index in [0.29, 0.717) is 66.3 Å². The Kier molecular flexibility index (Phi) is 19.8. The first kappa shape index (κ1) is 61.3. The summed E-state index contributed by atoms with van der Waals surface area (Å²) in [5.41, 5.74) is 18.5. The maximum Gasteiger partial charge on any atom is 0.289 e. The van der Waals surface area contributed by atoms with Crippen LogP contribution in [0.4, 0.5) is 13.2 Å². The number of ketones is 1. The van der Waals surface area contributed by atoms with Gasteiger partial charge in [0.2, 0.25) is 21.6 Å². The van der Waals surface area contributed by atoms with Crippen molar-refractivity contribution in [1.29, 1.82) is 0 Å². The Morgan fingerprint density at radius 2 is 0.929 bits per heavy atom. The SMILES string of the molecule is COOCCOc1nc(C)c(Cc2ccc(F)cc2)n2cc(C)c(C(=O)C(N)=O)c12.COOCCOc1nc(C)c(Cc2ccc(F)cc2)n2cc(C)cc12.Cc1ccc(S(=O)(=O)c2nc(C)c(Cc3ccc(F)cc3)n3cc(C)cc23)cc1. The molecule has 17 nitrogen and oxygen atoms in total. The number of primary amides is 1. The molecule has 84 heavy (non-hydrogen) atoms. The van der Waals surface area contributed by atoms with Gasteiger partial charge in [-0.1, -0.05) is 54.1 Å². The number of benzene rings is 4. The Morgan fingerprint density at radius 1 is 0.512 bits per heavy atom. The number of amides is 1. The van der Waals surface area contributed by atoms with Crippen molar-refractivity contribution >= 4 is 38.1 Å². The van der Waals surface area contributed by atoms with E-state index in [2.05, 4.69) is 35.3 Å². The third-order valence-corrected chi connectivity index (χ3v) is 15.3. The number of ether oxygens (including phenoxy) is 2. The van der Waals surface area contributed by atoms with Crippen LogP contribution in [0.2, 0.25) is 0 Å². The summed E-state index contributed by atoms with van der Waals surface area (Å²) in [4.78, 5) is 56.7. The molecule has 0 unspecified atom stereocenters. The van der Waals surface area contributed by atoms with Crippen molar-refractivity contribution in [3.05, 3.63) is 224 Å². The molecule has 0 bridgehead atoms. The molecular formula is C63H64F3N7O10S. The smallest absolute Gasteiger partial charge is 0.289 e. The average molecular weight is 1170 g/mol. The van der Waals surface area contributed by atoms with Crippen LogP contribution < -0.4 is 15.2 Å². The minimum absolute atomic E-state index is 0.0507. The number of sulfone groups is 1. The normalized spacial score (nSPS) is 11.4. The van der Waals surface area contributed by atoms with Gasteiger partial charge < -0.3 is 28.4 Å². The van der Waals surface area contributed by atoms with Gasteiger partial charge in [-0.05, 0) is 143 Å². The summed E-state index contributed by atoms with van der Waals surface area (Å²) in [6.45, 7) is 14.1. The number of hydrogen-bond donors (Lipinski definition) is 1. The number of nitrogens with two attached hydrogens (primary N) is 1. The van der Waals surface area contributed by atoms with Gasteiger partial charge in [-0.2, -0.15) is 0 Å². The third-order valence-electron chi connectivity index (χ3n) is 13.6. The Labute approximate surface area is 484 Å². The van der Waals surface area contributed by atoms with Crippen molar-refractivity contribution in [2.45, 2.75) is 77.7 Å². The van der Waals surface area contributed by atoms with Crippen molar-refractivity contribution in [1.82, 2.24) is 28.2 Å². The van der Waals surface area contributed by atoms with Crippen LogP contribution >= 0.6 is 0 Å². The van der Waals surface area contributed by atoms with Crippen molar-refractivity contribution in [3.63, 3.8) is 0 Å². The molecule has 0 saturated carbocycles. The van der Waals surface area contributed by atoms with Crippen LogP contribution in [0, 0.1) is 65.9 Å². The number of fused-ring (bicyclic) bond motifs is 3. The quantitative estimate of drug-likeness (QED) is 0.0249. The first-order valence-corrected chi connectivity index (χ1v) is 28.1. The molecule has 1 amide bonds. The van der Waals surface area contributed by atoms with E-state index in [0.717, 1.165) is 61.7 Å². The molecule has 6 aromatic heterocycles. The van der Waals surface area contributed by atoms with E-state index < -0.39 is 21.5 Å². The standard InChI is InChI=1S/C23H21FN2O2S.C21H22FN3O5.C19H21FN2O3/c1-15-4-10-20(11-5-15)29(27,28)23-22-12-16(2)14-26(22)21(17(3)25-23)13-18-6-8-19(24)9-7-18;1-12-11-25-16(10-14-4-6-15(22)7-5-14)13(2)24-21(29-8-9-30-28-3)18(25)17(12)19(26)20(23)27;1-13-10-18-19(24-8-9-25-23-3)21-14(2)17(22(18)12-13)11-15-4-6-16(20)7-5-15/h4-12,14H,13H2,1-3H3;4-7,11H,8-10H2,1-3H3,(H2,23,27);4-7,10,12H,8-9,11H2,1-3H3. The van der Waals surface area contributed by atoms with Crippen LogP contribution in [-0.2, 0) is 53.4 Å². The number of hydrogen-bond acceptors (Lipinski definition) is 13. The minimum atomic E-state index is -3.77. The summed E-state index contributed by atoms with van der Waals surface area (Å²) in [7, 11) is -0.929. The van der Waals surface area contributed by atoms with Crippen LogP contribution in [0.15, 0.2) is 138 Å². The second-order valence-electron chi connectivity index (χ2n) is 19.9. The number of carbonyl (C=O) groups excluding carboxylic acids is 2. The van der Waals surface area contributed by atoms with Gasteiger partial charge >= 0.3 is 0 Å². The monoisotopic (exact) mass is 1170 g/mol. The van der Waals surface area contributed by atoms with E-state index in [4.69, 9.17) is 25.0 Å². The van der Waals surface area contributed by atoms with Gasteiger partial charge in [-0.15, -0.1) is 0 Å². The number of aryl methyl sites for hydroxylation is 7. The highest BCUT2D eigenvalue weighted by Gasteiger charge is 2.28. The zero-order chi connectivity index (χ0) is 60.4. The van der Waals surface area contributed by atoms with Crippen LogP contribution in [0.25, 0.3) is 16.6 Å². The Balaban J connectivity index is 0.000000165. The predicted octanol–water partition coefficient (Wildman–Crippen LogP) is 10.8. The summed E-state index contributed by atoms with van der Waals surface area (Å²) in [5.74, 6) is -2.01. The zero-order valence-corrected chi connectivity index (χ0v) is 48.8. The highest BCUT2D eigenvalue weighted by molar-refractivity contribution is 7.91. The van der Waals surface area contributed by atoms with E-state index in [9.17, 15) is 31.2 Å². The highest BCUT2D eigenvalue weighted by Crippen LogP contribution is 2.32. The van der Waals surface area contributed by atoms with Crippen molar-refractivity contribution < 1.29 is 60.2 Å². The Bertz CT molecular complexity index is 4090. The summed E-state index contributed by atoms with van der Waals surface area (Å²) >= 11 is 0. The van der Waals surface area contributed by atoms with Gasteiger partial charge in [0.05, 0.1) is 47.3 Å². The van der Waals surface area contributed by atoms with Gasteiger partial charge in [-0.25, -0.2) is 56.1 Å². The summed E-state index contributed by atoms with van der Waals surface area (Å²) in [6, 6.07) is 29.6. The molecule has 0 atom stereocenters. The lowest BCUT2D eigenvalue weighted by Gasteiger charge is -2.14. The summed E-state index contributed by atoms with van der Waals surface area (Å²) in [6.07, 6.45) is 7.32. The Morgan fingerprint density at radius 3 is 1.39 bits per heavy atom.